The molecule has 2 atom stereocenters. The zero-order valence-electron chi connectivity index (χ0n) is 16.2. The van der Waals surface area contributed by atoms with Crippen LogP contribution >= 0.6 is 0 Å². The number of benzene rings is 1. The molecule has 4 rings (SSSR count). The summed E-state index contributed by atoms with van der Waals surface area (Å²) in [5.41, 5.74) is 2.65. The normalized spacial score (nSPS) is 19.3. The molecule has 0 radical (unpaired) electrons. The molecule has 1 N–H and O–H groups in total. The first-order valence-corrected chi connectivity index (χ1v) is 9.59. The third-order valence-corrected chi connectivity index (χ3v) is 5.16. The van der Waals surface area contributed by atoms with E-state index in [-0.39, 0.29) is 19.1 Å². The molecule has 3 heterocycles. The molecule has 1 amide bonds. The lowest BCUT2D eigenvalue weighted by Gasteiger charge is -2.34. The van der Waals surface area contributed by atoms with Crippen LogP contribution in [-0.4, -0.2) is 56.4 Å². The third kappa shape index (κ3) is 4.44. The second-order valence-corrected chi connectivity index (χ2v) is 7.27. The molecule has 3 aromatic rings. The SMILES string of the molecule is Cc1ccc(COC(=O)N2CC[C@H](CNc3nccn4cnnc34)[C@H](F)C2)cc1. The van der Waals surface area contributed by atoms with Gasteiger partial charge >= 0.3 is 6.09 Å². The smallest absolute Gasteiger partial charge is 0.410 e. The zero-order valence-corrected chi connectivity index (χ0v) is 16.2. The molecule has 0 spiro atoms. The van der Waals surface area contributed by atoms with E-state index in [0.29, 0.717) is 31.0 Å². The molecule has 1 saturated heterocycles. The van der Waals surface area contributed by atoms with Crippen LogP contribution in [0.15, 0.2) is 43.0 Å². The molecule has 9 heteroatoms. The number of piperidine rings is 1. The summed E-state index contributed by atoms with van der Waals surface area (Å²) in [6, 6.07) is 7.77. The minimum atomic E-state index is -1.14. The number of carbonyl (C=O) groups is 1. The van der Waals surface area contributed by atoms with Gasteiger partial charge in [-0.1, -0.05) is 29.8 Å². The number of rotatable bonds is 5. The Morgan fingerprint density at radius 1 is 1.34 bits per heavy atom. The maximum absolute atomic E-state index is 14.7. The summed E-state index contributed by atoms with van der Waals surface area (Å²) in [6.07, 6.45) is 3.90. The van der Waals surface area contributed by atoms with E-state index >= 15 is 0 Å². The van der Waals surface area contributed by atoms with Crippen LogP contribution in [0.5, 0.6) is 0 Å². The van der Waals surface area contributed by atoms with E-state index in [1.54, 1.807) is 23.1 Å². The van der Waals surface area contributed by atoms with Gasteiger partial charge in [-0.3, -0.25) is 4.40 Å². The van der Waals surface area contributed by atoms with Gasteiger partial charge in [0.05, 0.1) is 6.54 Å². The van der Waals surface area contributed by atoms with E-state index in [9.17, 15) is 9.18 Å². The van der Waals surface area contributed by atoms with Gasteiger partial charge in [-0.05, 0) is 18.9 Å². The van der Waals surface area contributed by atoms with E-state index in [0.717, 1.165) is 11.1 Å². The summed E-state index contributed by atoms with van der Waals surface area (Å²) in [5.74, 6) is 0.346. The van der Waals surface area contributed by atoms with Crippen molar-refractivity contribution in [2.24, 2.45) is 5.92 Å². The van der Waals surface area contributed by atoms with Crippen LogP contribution in [0.1, 0.15) is 17.5 Å². The highest BCUT2D eigenvalue weighted by Crippen LogP contribution is 2.22. The Morgan fingerprint density at radius 2 is 2.17 bits per heavy atom. The Kier molecular flexibility index (Phi) is 5.55. The number of hydrogen-bond donors (Lipinski definition) is 1. The Bertz CT molecular complexity index is 977. The lowest BCUT2D eigenvalue weighted by molar-refractivity contribution is 0.0544. The van der Waals surface area contributed by atoms with Crippen molar-refractivity contribution in [2.75, 3.05) is 25.0 Å². The van der Waals surface area contributed by atoms with Gasteiger partial charge in [0.15, 0.2) is 5.82 Å². The second-order valence-electron chi connectivity index (χ2n) is 7.27. The summed E-state index contributed by atoms with van der Waals surface area (Å²) >= 11 is 0. The molecular weight excluding hydrogens is 375 g/mol. The molecule has 2 aromatic heterocycles. The lowest BCUT2D eigenvalue weighted by atomic mass is 9.95. The molecule has 1 aromatic carbocycles. The van der Waals surface area contributed by atoms with Crippen molar-refractivity contribution in [2.45, 2.75) is 26.1 Å². The fraction of sp³-hybridized carbons (Fsp3) is 0.400. The van der Waals surface area contributed by atoms with Crippen molar-refractivity contribution >= 4 is 17.6 Å². The number of nitrogens with zero attached hydrogens (tertiary/aromatic N) is 5. The molecule has 0 unspecified atom stereocenters. The van der Waals surface area contributed by atoms with E-state index in [1.165, 1.54) is 4.90 Å². The zero-order chi connectivity index (χ0) is 20.2. The number of carbonyl (C=O) groups excluding carboxylic acids is 1. The predicted molar refractivity (Wildman–Crippen MR) is 105 cm³/mol. The van der Waals surface area contributed by atoms with Crippen LogP contribution in [0.25, 0.3) is 5.65 Å². The fourth-order valence-electron chi connectivity index (χ4n) is 3.38. The molecule has 0 aliphatic carbocycles. The highest BCUT2D eigenvalue weighted by molar-refractivity contribution is 5.68. The van der Waals surface area contributed by atoms with Gasteiger partial charge < -0.3 is 15.0 Å². The van der Waals surface area contributed by atoms with Gasteiger partial charge in [-0.25, -0.2) is 14.2 Å². The number of fused-ring (bicyclic) bond motifs is 1. The number of nitrogens with one attached hydrogen (secondary N) is 1. The number of aryl methyl sites for hydroxylation is 1. The first-order chi connectivity index (χ1) is 14.1. The minimum Gasteiger partial charge on any atom is -0.445 e. The molecule has 29 heavy (non-hydrogen) atoms. The minimum absolute atomic E-state index is 0.0294. The van der Waals surface area contributed by atoms with Gasteiger partial charge in [0.25, 0.3) is 0 Å². The average molecular weight is 398 g/mol. The van der Waals surface area contributed by atoms with Crippen molar-refractivity contribution in [3.63, 3.8) is 0 Å². The lowest BCUT2D eigenvalue weighted by Crippen LogP contribution is -2.46. The molecule has 0 bridgehead atoms. The van der Waals surface area contributed by atoms with Crippen LogP contribution in [0.3, 0.4) is 0 Å². The van der Waals surface area contributed by atoms with E-state index in [1.807, 2.05) is 31.2 Å². The van der Waals surface area contributed by atoms with E-state index < -0.39 is 12.3 Å². The van der Waals surface area contributed by atoms with Crippen molar-refractivity contribution in [1.82, 2.24) is 24.5 Å². The van der Waals surface area contributed by atoms with Crippen molar-refractivity contribution in [3.05, 3.63) is 54.1 Å². The van der Waals surface area contributed by atoms with Gasteiger partial charge in [-0.2, -0.15) is 0 Å². The predicted octanol–water partition coefficient (Wildman–Crippen LogP) is 2.84. The van der Waals surface area contributed by atoms with E-state index in [4.69, 9.17) is 4.74 Å². The Balaban J connectivity index is 1.27. The number of amides is 1. The number of alkyl halides is 1. The second kappa shape index (κ2) is 8.42. The number of halogens is 1. The largest absolute Gasteiger partial charge is 0.445 e. The fourth-order valence-corrected chi connectivity index (χ4v) is 3.38. The van der Waals surface area contributed by atoms with Crippen molar-refractivity contribution in [3.8, 4) is 0 Å². The molecular formula is C20H23FN6O2. The summed E-state index contributed by atoms with van der Waals surface area (Å²) in [6.45, 7) is 3.08. The topological polar surface area (TPSA) is 84.7 Å². The number of hydrogen-bond acceptors (Lipinski definition) is 6. The van der Waals surface area contributed by atoms with Crippen LogP contribution in [0, 0.1) is 12.8 Å². The van der Waals surface area contributed by atoms with Gasteiger partial charge in [0.1, 0.15) is 19.1 Å². The summed E-state index contributed by atoms with van der Waals surface area (Å²) in [4.78, 5) is 18.0. The Hall–Kier alpha value is -3.23. The van der Waals surface area contributed by atoms with Crippen LogP contribution in [0.4, 0.5) is 15.0 Å². The quantitative estimate of drug-likeness (QED) is 0.711. The van der Waals surface area contributed by atoms with E-state index in [2.05, 4.69) is 20.5 Å². The van der Waals surface area contributed by atoms with Gasteiger partial charge in [0, 0.05) is 31.4 Å². The Labute approximate surface area is 167 Å². The van der Waals surface area contributed by atoms with Gasteiger partial charge in [-0.15, -0.1) is 10.2 Å². The summed E-state index contributed by atoms with van der Waals surface area (Å²) < 4.78 is 21.8. The standard InChI is InChI=1S/C20H23FN6O2/c1-14-2-4-15(5-3-14)12-29-20(28)26-8-6-16(17(21)11-26)10-23-18-19-25-24-13-27(19)9-7-22-18/h2-5,7,9,13,16-17H,6,8,10-12H2,1H3,(H,22,23)/t16-,17-/m1/s1. The maximum atomic E-state index is 14.7. The van der Waals surface area contributed by atoms with Gasteiger partial charge in [0.2, 0.25) is 5.65 Å². The van der Waals surface area contributed by atoms with Crippen LogP contribution < -0.4 is 5.32 Å². The Morgan fingerprint density at radius 3 is 2.97 bits per heavy atom. The highest BCUT2D eigenvalue weighted by Gasteiger charge is 2.32. The summed E-state index contributed by atoms with van der Waals surface area (Å²) in [5, 5.41) is 11.0. The number of likely N-dealkylation sites (tertiary alicyclic amines) is 1. The molecule has 152 valence electrons. The molecule has 1 aliphatic heterocycles. The highest BCUT2D eigenvalue weighted by atomic mass is 19.1. The number of anilines is 1. The maximum Gasteiger partial charge on any atom is 0.410 e. The van der Waals surface area contributed by atoms with Crippen LogP contribution in [0.2, 0.25) is 0 Å². The first kappa shape index (κ1) is 19.1. The summed E-state index contributed by atoms with van der Waals surface area (Å²) in [7, 11) is 0. The van der Waals surface area contributed by atoms with Crippen LogP contribution in [-0.2, 0) is 11.3 Å². The third-order valence-electron chi connectivity index (χ3n) is 5.16. The molecule has 1 fully saturated rings. The molecule has 8 nitrogen and oxygen atoms in total. The number of ether oxygens (including phenoxy) is 1. The number of aromatic nitrogens is 4. The van der Waals surface area contributed by atoms with Crippen molar-refractivity contribution < 1.29 is 13.9 Å². The average Bonchev–Trinajstić information content (AvgIpc) is 3.22. The first-order valence-electron chi connectivity index (χ1n) is 9.59. The molecule has 1 aliphatic rings. The van der Waals surface area contributed by atoms with Crippen molar-refractivity contribution in [1.29, 1.82) is 0 Å². The monoisotopic (exact) mass is 398 g/mol. The molecule has 0 saturated carbocycles.